The van der Waals surface area contributed by atoms with Crippen LogP contribution in [0.5, 0.6) is 0 Å². The van der Waals surface area contributed by atoms with Crippen molar-refractivity contribution in [2.75, 3.05) is 19.8 Å². The summed E-state index contributed by atoms with van der Waals surface area (Å²) in [7, 11) is 0. The number of ether oxygens (including phenoxy) is 1. The Labute approximate surface area is 112 Å². The Morgan fingerprint density at radius 1 is 1.37 bits per heavy atom. The smallest absolute Gasteiger partial charge is 0.315 e. The van der Waals surface area contributed by atoms with Gasteiger partial charge >= 0.3 is 12.0 Å². The summed E-state index contributed by atoms with van der Waals surface area (Å²) in [5, 5.41) is 14.7. The first-order valence-corrected chi connectivity index (χ1v) is 6.61. The highest BCUT2D eigenvalue weighted by molar-refractivity contribution is 5.79. The van der Waals surface area contributed by atoms with E-state index in [1.807, 2.05) is 0 Å². The predicted octanol–water partition coefficient (Wildman–Crippen LogP) is 0.821. The fourth-order valence-electron chi connectivity index (χ4n) is 2.43. The maximum absolute atomic E-state index is 11.8. The number of hydrogen-bond donors (Lipinski definition) is 3. The van der Waals surface area contributed by atoms with Crippen molar-refractivity contribution in [1.82, 2.24) is 10.6 Å². The van der Waals surface area contributed by atoms with E-state index in [9.17, 15) is 14.7 Å². The fourth-order valence-corrected chi connectivity index (χ4v) is 2.43. The zero-order chi connectivity index (χ0) is 14.3. The van der Waals surface area contributed by atoms with Crippen LogP contribution in [-0.4, -0.2) is 42.9 Å². The Morgan fingerprint density at radius 3 is 2.53 bits per heavy atom. The maximum Gasteiger partial charge on any atom is 0.315 e. The molecule has 1 aliphatic carbocycles. The lowest BCUT2D eigenvalue weighted by molar-refractivity contribution is -0.148. The van der Waals surface area contributed by atoms with E-state index in [1.54, 1.807) is 6.92 Å². The first-order chi connectivity index (χ1) is 8.75. The monoisotopic (exact) mass is 270 g/mol. The quantitative estimate of drug-likeness (QED) is 0.706. The Morgan fingerprint density at radius 2 is 2.00 bits per heavy atom. The topological polar surface area (TPSA) is 87.7 Å². The van der Waals surface area contributed by atoms with E-state index in [1.165, 1.54) is 0 Å². The third-order valence-corrected chi connectivity index (χ3v) is 4.48. The number of hydrogen-bond acceptors (Lipinski definition) is 3. The van der Waals surface area contributed by atoms with Crippen molar-refractivity contribution in [1.29, 1.82) is 0 Å². The Kier molecular flexibility index (Phi) is 3.47. The number of carboxylic acid groups (broad SMARTS) is 1. The van der Waals surface area contributed by atoms with Gasteiger partial charge in [-0.3, -0.25) is 4.79 Å². The van der Waals surface area contributed by atoms with Gasteiger partial charge in [0, 0.05) is 6.54 Å². The number of rotatable bonds is 4. The lowest BCUT2D eigenvalue weighted by atomic mass is 9.85. The molecule has 19 heavy (non-hydrogen) atoms. The molecular formula is C13H22N2O4. The molecule has 0 aromatic heterocycles. The van der Waals surface area contributed by atoms with Crippen LogP contribution in [0, 0.1) is 16.7 Å². The molecule has 2 aliphatic rings. The molecule has 0 spiro atoms. The minimum absolute atomic E-state index is 0.128. The fraction of sp³-hybridized carbons (Fsp3) is 0.846. The Balaban J connectivity index is 1.80. The number of amides is 2. The first kappa shape index (κ1) is 14.1. The number of aliphatic carboxylic acids is 1. The summed E-state index contributed by atoms with van der Waals surface area (Å²) in [6.45, 7) is 6.94. The highest BCUT2D eigenvalue weighted by atomic mass is 16.5. The van der Waals surface area contributed by atoms with Crippen molar-refractivity contribution in [3.8, 4) is 0 Å². The molecule has 2 rings (SSSR count). The third-order valence-electron chi connectivity index (χ3n) is 4.48. The SMILES string of the molecule is CC1(C)CC1CNC(=O)NC1COCC1(C)C(=O)O. The molecule has 1 saturated carbocycles. The minimum atomic E-state index is -1.05. The molecule has 1 saturated heterocycles. The van der Waals surface area contributed by atoms with Crippen molar-refractivity contribution < 1.29 is 19.4 Å². The average Bonchev–Trinajstić information content (AvgIpc) is 2.74. The van der Waals surface area contributed by atoms with Crippen LogP contribution in [0.3, 0.4) is 0 Å². The summed E-state index contributed by atoms with van der Waals surface area (Å²) in [5.41, 5.74) is -0.727. The van der Waals surface area contributed by atoms with Gasteiger partial charge in [0.05, 0.1) is 19.3 Å². The van der Waals surface area contributed by atoms with Gasteiger partial charge in [0.2, 0.25) is 0 Å². The van der Waals surface area contributed by atoms with Crippen molar-refractivity contribution in [2.45, 2.75) is 33.2 Å². The van der Waals surface area contributed by atoms with Crippen molar-refractivity contribution in [3.63, 3.8) is 0 Å². The molecule has 0 aromatic rings. The second-order valence-corrected chi connectivity index (χ2v) is 6.53. The molecule has 0 aromatic carbocycles. The standard InChI is InChI=1S/C13H22N2O4/c1-12(2)4-8(12)5-14-11(18)15-9-6-19-7-13(9,3)10(16)17/h8-9H,4-7H2,1-3H3,(H,16,17)(H2,14,15,18). The van der Waals surface area contributed by atoms with Crippen LogP contribution in [0.2, 0.25) is 0 Å². The zero-order valence-electron chi connectivity index (χ0n) is 11.7. The zero-order valence-corrected chi connectivity index (χ0v) is 11.7. The van der Waals surface area contributed by atoms with E-state index in [0.29, 0.717) is 17.9 Å². The van der Waals surface area contributed by atoms with Gasteiger partial charge in [0.1, 0.15) is 5.41 Å². The molecule has 1 heterocycles. The highest BCUT2D eigenvalue weighted by Gasteiger charge is 2.48. The second-order valence-electron chi connectivity index (χ2n) is 6.53. The first-order valence-electron chi connectivity index (χ1n) is 6.61. The van der Waals surface area contributed by atoms with Crippen LogP contribution < -0.4 is 10.6 Å². The van der Waals surface area contributed by atoms with E-state index >= 15 is 0 Å². The molecule has 1 aliphatic heterocycles. The molecule has 0 radical (unpaired) electrons. The van der Waals surface area contributed by atoms with Gasteiger partial charge in [-0.1, -0.05) is 13.8 Å². The van der Waals surface area contributed by atoms with Crippen LogP contribution in [-0.2, 0) is 9.53 Å². The predicted molar refractivity (Wildman–Crippen MR) is 68.8 cm³/mol. The van der Waals surface area contributed by atoms with Gasteiger partial charge in [-0.25, -0.2) is 4.79 Å². The molecule has 3 N–H and O–H groups in total. The van der Waals surface area contributed by atoms with Crippen LogP contribution >= 0.6 is 0 Å². The van der Waals surface area contributed by atoms with Gasteiger partial charge < -0.3 is 20.5 Å². The number of carbonyl (C=O) groups excluding carboxylic acids is 1. The van der Waals surface area contributed by atoms with E-state index in [4.69, 9.17) is 4.74 Å². The van der Waals surface area contributed by atoms with Crippen molar-refractivity contribution >= 4 is 12.0 Å². The third kappa shape index (κ3) is 2.83. The van der Waals surface area contributed by atoms with Crippen molar-refractivity contribution in [3.05, 3.63) is 0 Å². The van der Waals surface area contributed by atoms with Crippen LogP contribution in [0.15, 0.2) is 0 Å². The second kappa shape index (κ2) is 4.67. The van der Waals surface area contributed by atoms with Crippen LogP contribution in [0.1, 0.15) is 27.2 Å². The largest absolute Gasteiger partial charge is 0.481 e. The maximum atomic E-state index is 11.8. The van der Waals surface area contributed by atoms with E-state index in [0.717, 1.165) is 6.42 Å². The molecule has 6 nitrogen and oxygen atoms in total. The van der Waals surface area contributed by atoms with Crippen molar-refractivity contribution in [2.24, 2.45) is 16.7 Å². The Hall–Kier alpha value is -1.30. The Bertz CT molecular complexity index is 396. The lowest BCUT2D eigenvalue weighted by Gasteiger charge is -2.25. The molecule has 2 amide bonds. The summed E-state index contributed by atoms with van der Waals surface area (Å²) in [6.07, 6.45) is 1.12. The average molecular weight is 270 g/mol. The van der Waals surface area contributed by atoms with Gasteiger partial charge in [0.25, 0.3) is 0 Å². The van der Waals surface area contributed by atoms with Crippen LogP contribution in [0.4, 0.5) is 4.79 Å². The summed E-state index contributed by atoms with van der Waals surface area (Å²) < 4.78 is 5.18. The summed E-state index contributed by atoms with van der Waals surface area (Å²) >= 11 is 0. The van der Waals surface area contributed by atoms with Crippen LogP contribution in [0.25, 0.3) is 0 Å². The highest BCUT2D eigenvalue weighted by Crippen LogP contribution is 2.50. The lowest BCUT2D eigenvalue weighted by Crippen LogP contribution is -2.52. The number of urea groups is 1. The van der Waals surface area contributed by atoms with Gasteiger partial charge in [-0.15, -0.1) is 0 Å². The normalized spacial score (nSPS) is 35.7. The number of carboxylic acids is 1. The van der Waals surface area contributed by atoms with Gasteiger partial charge in [-0.2, -0.15) is 0 Å². The van der Waals surface area contributed by atoms with Gasteiger partial charge in [0.15, 0.2) is 0 Å². The number of carbonyl (C=O) groups is 2. The minimum Gasteiger partial charge on any atom is -0.481 e. The van der Waals surface area contributed by atoms with E-state index in [2.05, 4.69) is 24.5 Å². The summed E-state index contributed by atoms with van der Waals surface area (Å²) in [5.74, 6) is -0.428. The molecule has 6 heteroatoms. The van der Waals surface area contributed by atoms with E-state index in [-0.39, 0.29) is 19.2 Å². The molecular weight excluding hydrogens is 248 g/mol. The number of nitrogens with one attached hydrogen (secondary N) is 2. The molecule has 2 fully saturated rings. The summed E-state index contributed by atoms with van der Waals surface area (Å²) in [4.78, 5) is 23.0. The molecule has 3 unspecified atom stereocenters. The van der Waals surface area contributed by atoms with Gasteiger partial charge in [-0.05, 0) is 24.7 Å². The molecule has 0 bridgehead atoms. The van der Waals surface area contributed by atoms with E-state index < -0.39 is 17.4 Å². The molecule has 3 atom stereocenters. The molecule has 108 valence electrons. The summed E-state index contributed by atoms with van der Waals surface area (Å²) in [6, 6.07) is -0.803.